The second-order valence-corrected chi connectivity index (χ2v) is 8.11. The molecule has 2 aliphatic rings. The topological polar surface area (TPSA) is 103 Å². The number of benzene rings is 1. The van der Waals surface area contributed by atoms with E-state index in [0.29, 0.717) is 23.0 Å². The average Bonchev–Trinajstić information content (AvgIpc) is 2.97. The van der Waals surface area contributed by atoms with Gasteiger partial charge >= 0.3 is 0 Å². The number of primary amides is 1. The first-order valence-corrected chi connectivity index (χ1v) is 9.15. The minimum atomic E-state index is -0.586. The number of nitrogens with two attached hydrogens (primary N) is 1. The molecule has 3 N–H and O–H groups in total. The van der Waals surface area contributed by atoms with Crippen LogP contribution in [-0.4, -0.2) is 31.2 Å². The zero-order valence-electron chi connectivity index (χ0n) is 16.3. The van der Waals surface area contributed by atoms with Crippen molar-refractivity contribution < 1.29 is 19.1 Å². The maximum Gasteiger partial charge on any atom is 0.271 e. The molecule has 0 spiro atoms. The molecular formula is C20H27N3O4. The molecule has 3 rings (SSSR count). The van der Waals surface area contributed by atoms with Crippen molar-refractivity contribution >= 4 is 17.5 Å². The van der Waals surface area contributed by atoms with Crippen molar-refractivity contribution in [1.82, 2.24) is 5.43 Å². The van der Waals surface area contributed by atoms with Crippen LogP contribution in [0.25, 0.3) is 0 Å². The molecule has 0 saturated heterocycles. The van der Waals surface area contributed by atoms with Crippen LogP contribution >= 0.6 is 0 Å². The highest BCUT2D eigenvalue weighted by atomic mass is 16.5. The van der Waals surface area contributed by atoms with Crippen LogP contribution in [0, 0.1) is 16.7 Å². The molecule has 27 heavy (non-hydrogen) atoms. The van der Waals surface area contributed by atoms with Gasteiger partial charge in [0.1, 0.15) is 0 Å². The normalized spacial score (nSPS) is 26.8. The van der Waals surface area contributed by atoms with Gasteiger partial charge in [0, 0.05) is 16.7 Å². The predicted octanol–water partition coefficient (Wildman–Crippen LogP) is 2.49. The largest absolute Gasteiger partial charge is 0.493 e. The molecule has 146 valence electrons. The molecule has 2 saturated carbocycles. The van der Waals surface area contributed by atoms with Crippen molar-refractivity contribution in [3.8, 4) is 11.5 Å². The second-order valence-electron chi connectivity index (χ2n) is 8.11. The Kier molecular flexibility index (Phi) is 4.88. The Hall–Kier alpha value is -2.57. The number of amides is 2. The molecule has 2 fully saturated rings. The van der Waals surface area contributed by atoms with Gasteiger partial charge in [-0.15, -0.1) is 0 Å². The number of hydrogen-bond acceptors (Lipinski definition) is 5. The highest BCUT2D eigenvalue weighted by Crippen LogP contribution is 2.63. The van der Waals surface area contributed by atoms with Gasteiger partial charge in [-0.2, -0.15) is 5.10 Å². The van der Waals surface area contributed by atoms with E-state index in [1.807, 2.05) is 0 Å². The molecule has 7 heteroatoms. The van der Waals surface area contributed by atoms with Crippen LogP contribution in [0.5, 0.6) is 11.5 Å². The van der Waals surface area contributed by atoms with Gasteiger partial charge in [0.15, 0.2) is 18.1 Å². The fourth-order valence-corrected chi connectivity index (χ4v) is 4.36. The summed E-state index contributed by atoms with van der Waals surface area (Å²) in [4.78, 5) is 23.4. The molecule has 0 aliphatic heterocycles. The Bertz CT molecular complexity index is 802. The summed E-state index contributed by atoms with van der Waals surface area (Å²) in [6.45, 7) is 6.58. The molecule has 2 aliphatic carbocycles. The summed E-state index contributed by atoms with van der Waals surface area (Å²) in [5.74, 6) is 0.425. The van der Waals surface area contributed by atoms with E-state index in [2.05, 4.69) is 31.3 Å². The third-order valence-corrected chi connectivity index (χ3v) is 6.60. The summed E-state index contributed by atoms with van der Waals surface area (Å²) >= 11 is 0. The quantitative estimate of drug-likeness (QED) is 0.748. The van der Waals surface area contributed by atoms with Gasteiger partial charge in [-0.3, -0.25) is 9.59 Å². The van der Waals surface area contributed by atoms with E-state index in [1.54, 1.807) is 18.2 Å². The van der Waals surface area contributed by atoms with E-state index in [0.717, 1.165) is 18.6 Å². The lowest BCUT2D eigenvalue weighted by Gasteiger charge is -2.34. The van der Waals surface area contributed by atoms with Gasteiger partial charge in [-0.25, -0.2) is 5.43 Å². The van der Waals surface area contributed by atoms with Gasteiger partial charge < -0.3 is 15.2 Å². The molecule has 0 aromatic heterocycles. The van der Waals surface area contributed by atoms with Crippen molar-refractivity contribution in [3.05, 3.63) is 23.8 Å². The second kappa shape index (κ2) is 6.87. The number of nitrogens with zero attached hydrogens (tertiary/aromatic N) is 1. The predicted molar refractivity (Wildman–Crippen MR) is 102 cm³/mol. The number of carbonyl (C=O) groups excluding carboxylic acids is 2. The number of rotatable bonds is 6. The van der Waals surface area contributed by atoms with E-state index < -0.39 is 5.91 Å². The zero-order valence-corrected chi connectivity index (χ0v) is 16.3. The highest BCUT2D eigenvalue weighted by Gasteiger charge is 2.60. The van der Waals surface area contributed by atoms with Crippen molar-refractivity contribution in [3.63, 3.8) is 0 Å². The molecule has 2 bridgehead atoms. The molecule has 1 aromatic rings. The molecule has 0 heterocycles. The van der Waals surface area contributed by atoms with Crippen LogP contribution in [0.4, 0.5) is 0 Å². The number of nitrogens with one attached hydrogen (secondary N) is 1. The Morgan fingerprint density at radius 3 is 2.59 bits per heavy atom. The Labute approximate surface area is 159 Å². The van der Waals surface area contributed by atoms with Crippen LogP contribution in [0.2, 0.25) is 0 Å². The number of methoxy groups -OCH3 is 1. The first kappa shape index (κ1) is 19.2. The monoisotopic (exact) mass is 373 g/mol. The smallest absolute Gasteiger partial charge is 0.271 e. The maximum atomic E-state index is 12.5. The minimum Gasteiger partial charge on any atom is -0.493 e. The molecule has 7 nitrogen and oxygen atoms in total. The number of hydrogen-bond donors (Lipinski definition) is 2. The van der Waals surface area contributed by atoms with Gasteiger partial charge in [0.05, 0.1) is 7.11 Å². The van der Waals surface area contributed by atoms with Gasteiger partial charge in [-0.05, 0) is 48.8 Å². The van der Waals surface area contributed by atoms with Crippen molar-refractivity contribution in [2.75, 3.05) is 13.7 Å². The van der Waals surface area contributed by atoms with Crippen LogP contribution in [0.1, 0.15) is 50.4 Å². The van der Waals surface area contributed by atoms with Gasteiger partial charge in [0.25, 0.3) is 11.8 Å². The summed E-state index contributed by atoms with van der Waals surface area (Å²) in [5.41, 5.74) is 9.49. The highest BCUT2D eigenvalue weighted by molar-refractivity contribution is 5.98. The van der Waals surface area contributed by atoms with Crippen LogP contribution < -0.4 is 20.6 Å². The third-order valence-electron chi connectivity index (χ3n) is 6.60. The van der Waals surface area contributed by atoms with Crippen molar-refractivity contribution in [2.24, 2.45) is 27.6 Å². The summed E-state index contributed by atoms with van der Waals surface area (Å²) in [7, 11) is 1.46. The fourth-order valence-electron chi connectivity index (χ4n) is 4.36. The first-order valence-electron chi connectivity index (χ1n) is 9.15. The number of hydrazone groups is 1. The van der Waals surface area contributed by atoms with Crippen LogP contribution in [0.3, 0.4) is 0 Å². The summed E-state index contributed by atoms with van der Waals surface area (Å²) in [6.07, 6.45) is 3.27. The van der Waals surface area contributed by atoms with Gasteiger partial charge in [0.2, 0.25) is 0 Å². The van der Waals surface area contributed by atoms with E-state index in [9.17, 15) is 9.59 Å². The summed E-state index contributed by atoms with van der Waals surface area (Å²) < 4.78 is 10.5. The van der Waals surface area contributed by atoms with Gasteiger partial charge in [-0.1, -0.05) is 20.8 Å². The Morgan fingerprint density at radius 2 is 2.04 bits per heavy atom. The summed E-state index contributed by atoms with van der Waals surface area (Å²) in [6, 6.07) is 4.73. The summed E-state index contributed by atoms with van der Waals surface area (Å²) in [5, 5.41) is 4.47. The molecule has 1 aromatic carbocycles. The lowest BCUT2D eigenvalue weighted by atomic mass is 9.70. The zero-order chi connectivity index (χ0) is 19.8. The molecule has 2 atom stereocenters. The third kappa shape index (κ3) is 3.26. The van der Waals surface area contributed by atoms with Crippen LogP contribution in [-0.2, 0) is 4.79 Å². The SMILES string of the molecule is COc1cc(C(=O)N/N=C2/C[C@@H]3CC[C@@]2(C)C3(C)C)ccc1OCC(N)=O. The number of carbonyl (C=O) groups is 2. The first-order chi connectivity index (χ1) is 12.7. The van der Waals surface area contributed by atoms with Crippen molar-refractivity contribution in [1.29, 1.82) is 0 Å². The average molecular weight is 373 g/mol. The molecule has 2 amide bonds. The lowest BCUT2D eigenvalue weighted by molar-refractivity contribution is -0.119. The minimum absolute atomic E-state index is 0.0368. The van der Waals surface area contributed by atoms with Crippen molar-refractivity contribution in [2.45, 2.75) is 40.0 Å². The van der Waals surface area contributed by atoms with E-state index in [4.69, 9.17) is 15.2 Å². The lowest BCUT2D eigenvalue weighted by Crippen LogP contribution is -2.34. The fraction of sp³-hybridized carbons (Fsp3) is 0.550. The molecule has 0 radical (unpaired) electrons. The number of ether oxygens (including phenoxy) is 2. The number of fused-ring (bicyclic) bond motifs is 2. The van der Waals surface area contributed by atoms with E-state index in [-0.39, 0.29) is 23.3 Å². The van der Waals surface area contributed by atoms with E-state index in [1.165, 1.54) is 13.5 Å². The Balaban J connectivity index is 1.73. The molecular weight excluding hydrogens is 346 g/mol. The molecule has 0 unspecified atom stereocenters. The van der Waals surface area contributed by atoms with E-state index >= 15 is 0 Å². The standard InChI is InChI=1S/C20H27N3O4/c1-19(2)13-7-8-20(19,3)16(10-13)22-23-18(25)12-5-6-14(15(9-12)26-4)27-11-17(21)24/h5-6,9,13H,7-8,10-11H2,1-4H3,(H2,21,24)(H,23,25)/b22-16-/t13-,20+/m0/s1. The van der Waals surface area contributed by atoms with Crippen LogP contribution in [0.15, 0.2) is 23.3 Å². The maximum absolute atomic E-state index is 12.5. The Morgan fingerprint density at radius 1 is 1.30 bits per heavy atom.